The maximum Gasteiger partial charge on any atom is 0.334 e. The zero-order valence-electron chi connectivity index (χ0n) is 16.1. The molecule has 0 saturated heterocycles. The lowest BCUT2D eigenvalue weighted by molar-refractivity contribution is -0.142. The van der Waals surface area contributed by atoms with Crippen LogP contribution in [0, 0.1) is 11.3 Å². The van der Waals surface area contributed by atoms with Crippen molar-refractivity contribution in [3.63, 3.8) is 0 Å². The molecule has 2 aromatic rings. The largest absolute Gasteiger partial charge is 0.494 e. The number of ether oxygens (including phenoxy) is 1. The number of benzene rings is 2. The van der Waals surface area contributed by atoms with Gasteiger partial charge in [0.25, 0.3) is 0 Å². The summed E-state index contributed by atoms with van der Waals surface area (Å²) in [6.07, 6.45) is 2.16. The quantitative estimate of drug-likeness (QED) is 0.671. The number of aryl methyl sites for hydroxylation is 1. The minimum Gasteiger partial charge on any atom is -0.494 e. The first-order chi connectivity index (χ1) is 13.0. The molecule has 1 unspecified atom stereocenters. The minimum atomic E-state index is -1.29. The molecular formula is C22H26N2O3. The summed E-state index contributed by atoms with van der Waals surface area (Å²) in [6, 6.07) is 14.6. The predicted octanol–water partition coefficient (Wildman–Crippen LogP) is 4.71. The van der Waals surface area contributed by atoms with Crippen LogP contribution in [0.15, 0.2) is 42.5 Å². The molecule has 2 rings (SSSR count). The van der Waals surface area contributed by atoms with Gasteiger partial charge in [-0.1, -0.05) is 26.3 Å². The molecular weight excluding hydrogens is 340 g/mol. The minimum absolute atomic E-state index is 0.351. The second-order valence-corrected chi connectivity index (χ2v) is 6.43. The van der Waals surface area contributed by atoms with E-state index in [0.717, 1.165) is 18.4 Å². The Kier molecular flexibility index (Phi) is 6.84. The van der Waals surface area contributed by atoms with Gasteiger partial charge in [0.15, 0.2) is 5.54 Å². The Balaban J connectivity index is 2.53. The molecule has 0 spiro atoms. The van der Waals surface area contributed by atoms with Crippen molar-refractivity contribution in [1.29, 1.82) is 5.26 Å². The van der Waals surface area contributed by atoms with Gasteiger partial charge >= 0.3 is 5.97 Å². The van der Waals surface area contributed by atoms with Crippen LogP contribution in [0.5, 0.6) is 5.75 Å². The fourth-order valence-electron chi connectivity index (χ4n) is 3.16. The maximum absolute atomic E-state index is 12.4. The highest BCUT2D eigenvalue weighted by molar-refractivity contribution is 5.85. The van der Waals surface area contributed by atoms with Crippen LogP contribution in [0.1, 0.15) is 50.3 Å². The van der Waals surface area contributed by atoms with Crippen molar-refractivity contribution in [2.45, 2.75) is 45.6 Å². The lowest BCUT2D eigenvalue weighted by atomic mass is 9.85. The van der Waals surface area contributed by atoms with Gasteiger partial charge in [0.2, 0.25) is 0 Å². The van der Waals surface area contributed by atoms with Crippen LogP contribution in [0.3, 0.4) is 0 Å². The molecule has 5 heteroatoms. The Morgan fingerprint density at radius 3 is 2.41 bits per heavy atom. The molecule has 0 aliphatic heterocycles. The monoisotopic (exact) mass is 366 g/mol. The number of rotatable bonds is 9. The van der Waals surface area contributed by atoms with Crippen molar-refractivity contribution in [3.8, 4) is 11.8 Å². The van der Waals surface area contributed by atoms with Crippen LogP contribution in [0.2, 0.25) is 0 Å². The second kappa shape index (κ2) is 9.09. The van der Waals surface area contributed by atoms with Crippen LogP contribution < -0.4 is 10.1 Å². The number of aliphatic carboxylic acids is 1. The Morgan fingerprint density at radius 2 is 1.89 bits per heavy atom. The maximum atomic E-state index is 12.4. The molecule has 0 aliphatic rings. The van der Waals surface area contributed by atoms with Gasteiger partial charge in [-0.25, -0.2) is 4.79 Å². The number of nitrogens with zero attached hydrogens (tertiary/aromatic N) is 1. The van der Waals surface area contributed by atoms with Gasteiger partial charge in [-0.05, 0) is 67.3 Å². The summed E-state index contributed by atoms with van der Waals surface area (Å²) >= 11 is 0. The van der Waals surface area contributed by atoms with E-state index in [1.54, 1.807) is 30.3 Å². The van der Waals surface area contributed by atoms with E-state index in [0.29, 0.717) is 35.6 Å². The molecule has 2 aromatic carbocycles. The molecule has 0 bridgehead atoms. The Hall–Kier alpha value is -3.00. The first kappa shape index (κ1) is 20.3. The van der Waals surface area contributed by atoms with Crippen LogP contribution in [-0.4, -0.2) is 17.7 Å². The number of carboxylic acids is 1. The second-order valence-electron chi connectivity index (χ2n) is 6.43. The van der Waals surface area contributed by atoms with Crippen LogP contribution in [-0.2, 0) is 16.8 Å². The third-order valence-corrected chi connectivity index (χ3v) is 4.58. The first-order valence-corrected chi connectivity index (χ1v) is 9.28. The average molecular weight is 366 g/mol. The van der Waals surface area contributed by atoms with E-state index in [-0.39, 0.29) is 0 Å². The standard InChI is InChI=1S/C22H26N2O3/c1-4-7-17-12-18(14-20(13-17)27-6-3)22(5-2,21(25)26)24-19-10-8-16(15-23)9-11-19/h8-14,24H,4-7H2,1-3H3,(H,25,26). The fraction of sp³-hybridized carbons (Fsp3) is 0.364. The van der Waals surface area contributed by atoms with Crippen molar-refractivity contribution in [2.75, 3.05) is 11.9 Å². The van der Waals surface area contributed by atoms with Crippen LogP contribution >= 0.6 is 0 Å². The summed E-state index contributed by atoms with van der Waals surface area (Å²) in [6.45, 7) is 6.36. The molecule has 5 nitrogen and oxygen atoms in total. The highest BCUT2D eigenvalue weighted by Crippen LogP contribution is 2.34. The van der Waals surface area contributed by atoms with Gasteiger partial charge in [0.05, 0.1) is 18.2 Å². The zero-order valence-corrected chi connectivity index (χ0v) is 16.1. The fourth-order valence-corrected chi connectivity index (χ4v) is 3.16. The summed E-state index contributed by atoms with van der Waals surface area (Å²) in [7, 11) is 0. The van der Waals surface area contributed by atoms with Crippen molar-refractivity contribution in [2.24, 2.45) is 0 Å². The first-order valence-electron chi connectivity index (χ1n) is 9.28. The summed E-state index contributed by atoms with van der Waals surface area (Å²) in [5.74, 6) is -0.274. The predicted molar refractivity (Wildman–Crippen MR) is 106 cm³/mol. The third-order valence-electron chi connectivity index (χ3n) is 4.58. The van der Waals surface area contributed by atoms with Gasteiger partial charge in [0, 0.05) is 5.69 Å². The molecule has 0 heterocycles. The number of carbonyl (C=O) groups is 1. The van der Waals surface area contributed by atoms with Crippen LogP contribution in [0.25, 0.3) is 0 Å². The number of carboxylic acid groups (broad SMARTS) is 1. The van der Waals surface area contributed by atoms with Crippen molar-refractivity contribution in [1.82, 2.24) is 0 Å². The summed E-state index contributed by atoms with van der Waals surface area (Å²) in [5, 5.41) is 22.3. The van der Waals surface area contributed by atoms with E-state index < -0.39 is 11.5 Å². The highest BCUT2D eigenvalue weighted by Gasteiger charge is 2.39. The van der Waals surface area contributed by atoms with Gasteiger partial charge in [-0.15, -0.1) is 0 Å². The molecule has 0 radical (unpaired) electrons. The Bertz CT molecular complexity index is 800. The van der Waals surface area contributed by atoms with E-state index in [9.17, 15) is 9.90 Å². The molecule has 1 atom stereocenters. The van der Waals surface area contributed by atoms with Crippen molar-refractivity contribution in [3.05, 3.63) is 59.2 Å². The molecule has 0 amide bonds. The molecule has 0 saturated carbocycles. The van der Waals surface area contributed by atoms with E-state index >= 15 is 0 Å². The molecule has 0 aliphatic carbocycles. The highest BCUT2D eigenvalue weighted by atomic mass is 16.5. The number of nitriles is 1. The summed E-state index contributed by atoms with van der Waals surface area (Å²) in [5.41, 5.74) is 1.61. The Labute approximate surface area is 160 Å². The van der Waals surface area contributed by atoms with E-state index in [2.05, 4.69) is 18.3 Å². The molecule has 0 aromatic heterocycles. The lowest BCUT2D eigenvalue weighted by Gasteiger charge is -2.32. The molecule has 2 N–H and O–H groups in total. The van der Waals surface area contributed by atoms with E-state index in [1.165, 1.54) is 0 Å². The molecule has 27 heavy (non-hydrogen) atoms. The number of anilines is 1. The summed E-state index contributed by atoms with van der Waals surface area (Å²) < 4.78 is 5.68. The smallest absolute Gasteiger partial charge is 0.334 e. The third kappa shape index (κ3) is 4.59. The van der Waals surface area contributed by atoms with E-state index in [4.69, 9.17) is 10.00 Å². The van der Waals surface area contributed by atoms with Gasteiger partial charge in [-0.3, -0.25) is 0 Å². The molecule has 0 fully saturated rings. The topological polar surface area (TPSA) is 82.3 Å². The van der Waals surface area contributed by atoms with Gasteiger partial charge in [-0.2, -0.15) is 5.26 Å². The van der Waals surface area contributed by atoms with Crippen LogP contribution in [0.4, 0.5) is 5.69 Å². The Morgan fingerprint density at radius 1 is 1.19 bits per heavy atom. The SMILES string of the molecule is CCCc1cc(OCC)cc(C(CC)(Nc2ccc(C#N)cc2)C(=O)O)c1. The number of hydrogen-bond donors (Lipinski definition) is 2. The van der Waals surface area contributed by atoms with Gasteiger partial charge < -0.3 is 15.2 Å². The van der Waals surface area contributed by atoms with E-state index in [1.807, 2.05) is 26.0 Å². The normalized spacial score (nSPS) is 12.7. The summed E-state index contributed by atoms with van der Waals surface area (Å²) in [4.78, 5) is 12.4. The van der Waals surface area contributed by atoms with Gasteiger partial charge in [0.1, 0.15) is 5.75 Å². The number of hydrogen-bond acceptors (Lipinski definition) is 4. The van der Waals surface area contributed by atoms with Crippen molar-refractivity contribution < 1.29 is 14.6 Å². The average Bonchev–Trinajstić information content (AvgIpc) is 2.66. The molecule has 142 valence electrons. The zero-order chi connectivity index (χ0) is 19.9. The lowest BCUT2D eigenvalue weighted by Crippen LogP contribution is -2.43. The van der Waals surface area contributed by atoms with Crippen molar-refractivity contribution >= 4 is 11.7 Å². The number of nitrogens with one attached hydrogen (secondary N) is 1.